The van der Waals surface area contributed by atoms with E-state index in [1.54, 1.807) is 12.1 Å². The Hall–Kier alpha value is -0.950. The number of rotatable bonds is 2. The van der Waals surface area contributed by atoms with Crippen LogP contribution >= 0.6 is 23.2 Å². The van der Waals surface area contributed by atoms with E-state index in [-0.39, 0.29) is 0 Å². The Morgan fingerprint density at radius 3 is 2.56 bits per heavy atom. The van der Waals surface area contributed by atoms with Crippen molar-refractivity contribution in [3.05, 3.63) is 27.7 Å². The van der Waals surface area contributed by atoms with Crippen molar-refractivity contribution in [1.82, 2.24) is 0 Å². The number of hydrogen-bond acceptors (Lipinski definition) is 3. The lowest BCUT2D eigenvalue weighted by Gasteiger charge is -2.36. The van der Waals surface area contributed by atoms with Crippen molar-refractivity contribution >= 4 is 23.2 Å². The van der Waals surface area contributed by atoms with Gasteiger partial charge in [0, 0.05) is 10.6 Å². The fourth-order valence-electron chi connectivity index (χ4n) is 1.71. The molecule has 1 aromatic carbocycles. The van der Waals surface area contributed by atoms with Gasteiger partial charge in [0.1, 0.15) is 11.2 Å². The minimum atomic E-state index is -0.681. The third kappa shape index (κ3) is 1.63. The fraction of sp³-hybridized carbons (Fsp3) is 0.364. The smallest absolute Gasteiger partial charge is 0.142 e. The zero-order chi connectivity index (χ0) is 11.8. The number of methoxy groups -OCH3 is 1. The van der Waals surface area contributed by atoms with Gasteiger partial charge in [0.25, 0.3) is 0 Å². The van der Waals surface area contributed by atoms with Crippen LogP contribution in [0.4, 0.5) is 0 Å². The molecular formula is C11H9Cl2NO2. The Morgan fingerprint density at radius 2 is 2.12 bits per heavy atom. The van der Waals surface area contributed by atoms with Gasteiger partial charge in [-0.25, -0.2) is 0 Å². The van der Waals surface area contributed by atoms with E-state index < -0.39 is 5.41 Å². The summed E-state index contributed by atoms with van der Waals surface area (Å²) >= 11 is 12.0. The molecule has 0 atom stereocenters. The summed E-state index contributed by atoms with van der Waals surface area (Å²) in [4.78, 5) is 0. The van der Waals surface area contributed by atoms with Gasteiger partial charge in [0.2, 0.25) is 0 Å². The van der Waals surface area contributed by atoms with Gasteiger partial charge >= 0.3 is 0 Å². The molecule has 16 heavy (non-hydrogen) atoms. The maximum absolute atomic E-state index is 9.22. The normalized spacial score (nSPS) is 17.4. The second kappa shape index (κ2) is 4.14. The van der Waals surface area contributed by atoms with Crippen molar-refractivity contribution in [2.24, 2.45) is 0 Å². The Bertz CT molecular complexity index is 464. The Labute approximate surface area is 103 Å². The van der Waals surface area contributed by atoms with Crippen LogP contribution in [0.3, 0.4) is 0 Å². The molecule has 0 bridgehead atoms. The second-order valence-electron chi connectivity index (χ2n) is 3.66. The summed E-state index contributed by atoms with van der Waals surface area (Å²) in [7, 11) is 1.52. The average molecular weight is 258 g/mol. The molecule has 0 radical (unpaired) electrons. The summed E-state index contributed by atoms with van der Waals surface area (Å²) in [6.45, 7) is 0.688. The highest BCUT2D eigenvalue weighted by atomic mass is 35.5. The molecule has 0 N–H and O–H groups in total. The van der Waals surface area contributed by atoms with Gasteiger partial charge in [-0.1, -0.05) is 23.2 Å². The maximum Gasteiger partial charge on any atom is 0.142 e. The van der Waals surface area contributed by atoms with Gasteiger partial charge in [-0.3, -0.25) is 0 Å². The zero-order valence-electron chi connectivity index (χ0n) is 8.59. The molecular weight excluding hydrogens is 249 g/mol. The van der Waals surface area contributed by atoms with Crippen LogP contribution < -0.4 is 4.74 Å². The molecule has 1 heterocycles. The van der Waals surface area contributed by atoms with Crippen molar-refractivity contribution in [3.63, 3.8) is 0 Å². The minimum absolute atomic E-state index is 0.344. The molecule has 84 valence electrons. The van der Waals surface area contributed by atoms with Gasteiger partial charge in [-0.15, -0.1) is 0 Å². The van der Waals surface area contributed by atoms with E-state index in [0.717, 1.165) is 0 Å². The average Bonchev–Trinajstić information content (AvgIpc) is 2.16. The predicted molar refractivity (Wildman–Crippen MR) is 61.1 cm³/mol. The lowest BCUT2D eigenvalue weighted by atomic mass is 9.79. The molecule has 0 amide bonds. The van der Waals surface area contributed by atoms with E-state index in [1.165, 1.54) is 7.11 Å². The van der Waals surface area contributed by atoms with Gasteiger partial charge in [0.05, 0.1) is 31.4 Å². The SMILES string of the molecule is COc1c(Cl)cc(Cl)cc1C1(C#N)COC1. The summed E-state index contributed by atoms with van der Waals surface area (Å²) in [6.07, 6.45) is 0. The second-order valence-corrected chi connectivity index (χ2v) is 4.50. The third-order valence-corrected chi connectivity index (χ3v) is 3.14. The number of ether oxygens (including phenoxy) is 2. The predicted octanol–water partition coefficient (Wildman–Crippen LogP) is 2.79. The third-order valence-electron chi connectivity index (χ3n) is 2.64. The Balaban J connectivity index is 2.59. The van der Waals surface area contributed by atoms with Gasteiger partial charge in [0.15, 0.2) is 0 Å². The van der Waals surface area contributed by atoms with Crippen molar-refractivity contribution in [2.75, 3.05) is 20.3 Å². The van der Waals surface area contributed by atoms with Gasteiger partial charge in [-0.05, 0) is 12.1 Å². The summed E-state index contributed by atoms with van der Waals surface area (Å²) in [5.41, 5.74) is 0.0149. The largest absolute Gasteiger partial charge is 0.495 e. The molecule has 1 saturated heterocycles. The highest BCUT2D eigenvalue weighted by Gasteiger charge is 2.43. The van der Waals surface area contributed by atoms with Crippen LogP contribution in [0.5, 0.6) is 5.75 Å². The van der Waals surface area contributed by atoms with E-state index in [9.17, 15) is 5.26 Å². The summed E-state index contributed by atoms with van der Waals surface area (Å²) in [6, 6.07) is 5.54. The van der Waals surface area contributed by atoms with Crippen molar-refractivity contribution in [2.45, 2.75) is 5.41 Å². The molecule has 1 aliphatic heterocycles. The molecule has 0 spiro atoms. The number of halogens is 2. The van der Waals surface area contributed by atoms with Crippen LogP contribution in [-0.4, -0.2) is 20.3 Å². The first kappa shape index (κ1) is 11.5. The van der Waals surface area contributed by atoms with Crippen LogP contribution in [-0.2, 0) is 10.2 Å². The first-order valence-electron chi connectivity index (χ1n) is 4.65. The number of nitrogens with zero attached hydrogens (tertiary/aromatic N) is 1. The fourth-order valence-corrected chi connectivity index (χ4v) is 2.28. The van der Waals surface area contributed by atoms with E-state index in [1.807, 2.05) is 0 Å². The van der Waals surface area contributed by atoms with E-state index >= 15 is 0 Å². The van der Waals surface area contributed by atoms with Gasteiger partial charge in [-0.2, -0.15) is 5.26 Å². The topological polar surface area (TPSA) is 42.2 Å². The molecule has 0 saturated carbocycles. The zero-order valence-corrected chi connectivity index (χ0v) is 10.1. The van der Waals surface area contributed by atoms with Crippen molar-refractivity contribution < 1.29 is 9.47 Å². The molecule has 1 fully saturated rings. The molecule has 1 aromatic rings. The molecule has 5 heteroatoms. The standard InChI is InChI=1S/C11H9Cl2NO2/c1-15-10-8(2-7(12)3-9(10)13)11(4-14)5-16-6-11/h2-3H,5-6H2,1H3. The molecule has 0 aliphatic carbocycles. The van der Waals surface area contributed by atoms with Crippen LogP contribution in [0.1, 0.15) is 5.56 Å². The maximum atomic E-state index is 9.22. The molecule has 1 aliphatic rings. The molecule has 0 aromatic heterocycles. The summed E-state index contributed by atoms with van der Waals surface area (Å²) in [5, 5.41) is 10.1. The first-order valence-corrected chi connectivity index (χ1v) is 5.41. The van der Waals surface area contributed by atoms with Crippen molar-refractivity contribution in [1.29, 1.82) is 5.26 Å². The lowest BCUT2D eigenvalue weighted by molar-refractivity contribution is -0.0307. The van der Waals surface area contributed by atoms with Gasteiger partial charge < -0.3 is 9.47 Å². The number of benzene rings is 1. The Morgan fingerprint density at radius 1 is 1.44 bits per heavy atom. The van der Waals surface area contributed by atoms with Crippen LogP contribution in [0.2, 0.25) is 10.0 Å². The first-order chi connectivity index (χ1) is 7.63. The van der Waals surface area contributed by atoms with Crippen LogP contribution in [0.25, 0.3) is 0 Å². The monoisotopic (exact) mass is 257 g/mol. The minimum Gasteiger partial charge on any atom is -0.495 e. The highest BCUT2D eigenvalue weighted by Crippen LogP contribution is 2.42. The molecule has 0 unspecified atom stereocenters. The van der Waals surface area contributed by atoms with Crippen LogP contribution in [0.15, 0.2) is 12.1 Å². The van der Waals surface area contributed by atoms with Crippen molar-refractivity contribution in [3.8, 4) is 11.8 Å². The summed E-state index contributed by atoms with van der Waals surface area (Å²) < 4.78 is 10.3. The molecule has 2 rings (SSSR count). The quantitative estimate of drug-likeness (QED) is 0.819. The lowest BCUT2D eigenvalue weighted by Crippen LogP contribution is -2.45. The van der Waals surface area contributed by atoms with E-state index in [0.29, 0.717) is 34.6 Å². The highest BCUT2D eigenvalue weighted by molar-refractivity contribution is 6.35. The number of hydrogen-bond donors (Lipinski definition) is 0. The number of nitriles is 1. The summed E-state index contributed by atoms with van der Waals surface area (Å²) in [5.74, 6) is 0.496. The molecule has 3 nitrogen and oxygen atoms in total. The van der Waals surface area contributed by atoms with E-state index in [4.69, 9.17) is 32.7 Å². The Kier molecular flexibility index (Phi) is 2.98. The van der Waals surface area contributed by atoms with E-state index in [2.05, 4.69) is 6.07 Å². The van der Waals surface area contributed by atoms with Crippen LogP contribution in [0, 0.1) is 11.3 Å².